The summed E-state index contributed by atoms with van der Waals surface area (Å²) in [5.74, 6) is -1.45. The molecule has 0 aliphatic carbocycles. The first-order chi connectivity index (χ1) is 11.3. The van der Waals surface area contributed by atoms with Crippen LogP contribution in [0.15, 0.2) is 30.6 Å². The lowest BCUT2D eigenvalue weighted by Crippen LogP contribution is -2.41. The van der Waals surface area contributed by atoms with E-state index in [1.54, 1.807) is 24.3 Å². The number of carbonyl (C=O) groups is 2. The molecule has 1 amide bonds. The summed E-state index contributed by atoms with van der Waals surface area (Å²) in [7, 11) is 0. The summed E-state index contributed by atoms with van der Waals surface area (Å²) in [6, 6.07) is 5.69. The first kappa shape index (κ1) is 17.6. The van der Waals surface area contributed by atoms with Gasteiger partial charge in [0.15, 0.2) is 0 Å². The van der Waals surface area contributed by atoms with Gasteiger partial charge in [0.1, 0.15) is 12.4 Å². The van der Waals surface area contributed by atoms with E-state index in [1.165, 1.54) is 11.0 Å². The monoisotopic (exact) mass is 331 g/mol. The maximum Gasteiger partial charge on any atom is 0.326 e. The number of hydrogen-bond donors (Lipinski definition) is 2. The zero-order valence-electron chi connectivity index (χ0n) is 13.9. The molecular formula is C16H21N5O3. The Morgan fingerprint density at radius 1 is 1.25 bits per heavy atom. The fourth-order valence-corrected chi connectivity index (χ4v) is 2.12. The predicted octanol–water partition coefficient (Wildman–Crippen LogP) is 1.67. The lowest BCUT2D eigenvalue weighted by molar-refractivity contribution is -0.139. The lowest BCUT2D eigenvalue weighted by atomic mass is 9.88. The SMILES string of the molecule is CC(C)(C)CCC(NC(=O)c1ccc(-n2cnnn2)cc1)C(=O)O. The lowest BCUT2D eigenvalue weighted by Gasteiger charge is -2.21. The quantitative estimate of drug-likeness (QED) is 0.833. The van der Waals surface area contributed by atoms with Crippen molar-refractivity contribution >= 4 is 11.9 Å². The van der Waals surface area contributed by atoms with Crippen LogP contribution in [0.4, 0.5) is 0 Å². The van der Waals surface area contributed by atoms with Gasteiger partial charge in [0, 0.05) is 5.56 Å². The number of nitrogens with zero attached hydrogens (tertiary/aromatic N) is 4. The Morgan fingerprint density at radius 3 is 2.42 bits per heavy atom. The highest BCUT2D eigenvalue weighted by atomic mass is 16.4. The Kier molecular flexibility index (Phi) is 5.28. The second-order valence-electron chi connectivity index (χ2n) is 6.76. The molecule has 0 fully saturated rings. The van der Waals surface area contributed by atoms with Crippen LogP contribution in [0.3, 0.4) is 0 Å². The molecule has 0 saturated carbocycles. The van der Waals surface area contributed by atoms with Crippen molar-refractivity contribution in [1.29, 1.82) is 0 Å². The summed E-state index contributed by atoms with van der Waals surface area (Å²) < 4.78 is 1.46. The van der Waals surface area contributed by atoms with Gasteiger partial charge in [-0.3, -0.25) is 4.79 Å². The van der Waals surface area contributed by atoms with E-state index in [0.717, 1.165) is 0 Å². The molecule has 1 unspecified atom stereocenters. The molecular weight excluding hydrogens is 310 g/mol. The Morgan fingerprint density at radius 2 is 1.92 bits per heavy atom. The molecule has 0 spiro atoms. The van der Waals surface area contributed by atoms with E-state index in [4.69, 9.17) is 0 Å². The smallest absolute Gasteiger partial charge is 0.326 e. The molecule has 0 aliphatic heterocycles. The van der Waals surface area contributed by atoms with Crippen molar-refractivity contribution in [2.75, 3.05) is 0 Å². The number of carbonyl (C=O) groups excluding carboxylic acids is 1. The van der Waals surface area contributed by atoms with Gasteiger partial charge >= 0.3 is 5.97 Å². The van der Waals surface area contributed by atoms with Gasteiger partial charge in [0.05, 0.1) is 5.69 Å². The van der Waals surface area contributed by atoms with Crippen LogP contribution in [-0.2, 0) is 4.79 Å². The van der Waals surface area contributed by atoms with Crippen molar-refractivity contribution < 1.29 is 14.7 Å². The molecule has 1 heterocycles. The second-order valence-corrected chi connectivity index (χ2v) is 6.76. The highest BCUT2D eigenvalue weighted by molar-refractivity contribution is 5.96. The van der Waals surface area contributed by atoms with E-state index in [9.17, 15) is 14.7 Å². The first-order valence-corrected chi connectivity index (χ1v) is 7.63. The molecule has 8 heteroatoms. The Labute approximate surface area is 139 Å². The number of tetrazole rings is 1. The minimum absolute atomic E-state index is 0.00586. The largest absolute Gasteiger partial charge is 0.480 e. The number of nitrogens with one attached hydrogen (secondary N) is 1. The summed E-state index contributed by atoms with van der Waals surface area (Å²) in [6.45, 7) is 6.10. The number of carboxylic acid groups (broad SMARTS) is 1. The number of benzene rings is 1. The molecule has 24 heavy (non-hydrogen) atoms. The van der Waals surface area contributed by atoms with Crippen LogP contribution in [0.25, 0.3) is 5.69 Å². The van der Waals surface area contributed by atoms with Gasteiger partial charge in [-0.2, -0.15) is 0 Å². The van der Waals surface area contributed by atoms with Crippen molar-refractivity contribution in [2.45, 2.75) is 39.7 Å². The molecule has 0 saturated heterocycles. The average molecular weight is 331 g/mol. The van der Waals surface area contributed by atoms with E-state index in [1.807, 2.05) is 20.8 Å². The highest BCUT2D eigenvalue weighted by Crippen LogP contribution is 2.21. The van der Waals surface area contributed by atoms with Crippen LogP contribution < -0.4 is 5.32 Å². The zero-order chi connectivity index (χ0) is 17.7. The van der Waals surface area contributed by atoms with Gasteiger partial charge in [-0.25, -0.2) is 9.48 Å². The molecule has 128 valence electrons. The summed E-state index contributed by atoms with van der Waals surface area (Å²) >= 11 is 0. The van der Waals surface area contributed by atoms with Crippen LogP contribution >= 0.6 is 0 Å². The Bertz CT molecular complexity index is 690. The topological polar surface area (TPSA) is 110 Å². The number of hydrogen-bond acceptors (Lipinski definition) is 5. The van der Waals surface area contributed by atoms with Crippen LogP contribution in [-0.4, -0.2) is 43.2 Å². The Hall–Kier alpha value is -2.77. The van der Waals surface area contributed by atoms with Crippen molar-refractivity contribution in [3.05, 3.63) is 36.2 Å². The van der Waals surface area contributed by atoms with Crippen LogP contribution in [0.2, 0.25) is 0 Å². The molecule has 1 atom stereocenters. The molecule has 0 bridgehead atoms. The van der Waals surface area contributed by atoms with Gasteiger partial charge in [-0.1, -0.05) is 20.8 Å². The fourth-order valence-electron chi connectivity index (χ4n) is 2.12. The standard InChI is InChI=1S/C16H21N5O3/c1-16(2,3)9-8-13(15(23)24)18-14(22)11-4-6-12(7-5-11)21-10-17-19-20-21/h4-7,10,13H,8-9H2,1-3H3,(H,18,22)(H,23,24). The number of aliphatic carboxylic acids is 1. The maximum absolute atomic E-state index is 12.3. The molecule has 2 aromatic rings. The van der Waals surface area contributed by atoms with Gasteiger partial charge < -0.3 is 10.4 Å². The van der Waals surface area contributed by atoms with E-state index in [2.05, 4.69) is 20.8 Å². The molecule has 8 nitrogen and oxygen atoms in total. The van der Waals surface area contributed by atoms with E-state index >= 15 is 0 Å². The third kappa shape index (κ3) is 4.87. The first-order valence-electron chi connectivity index (χ1n) is 7.63. The second kappa shape index (κ2) is 7.20. The van der Waals surface area contributed by atoms with Crippen LogP contribution in [0.1, 0.15) is 44.0 Å². The maximum atomic E-state index is 12.3. The molecule has 0 radical (unpaired) electrons. The van der Waals surface area contributed by atoms with Gasteiger partial charge in [-0.05, 0) is 52.9 Å². The number of rotatable bonds is 6. The van der Waals surface area contributed by atoms with Gasteiger partial charge in [0.2, 0.25) is 0 Å². The minimum Gasteiger partial charge on any atom is -0.480 e. The van der Waals surface area contributed by atoms with Crippen LogP contribution in [0, 0.1) is 5.41 Å². The van der Waals surface area contributed by atoms with Crippen molar-refractivity contribution in [3.8, 4) is 5.69 Å². The number of aromatic nitrogens is 4. The third-order valence-corrected chi connectivity index (χ3v) is 3.53. The molecule has 2 N–H and O–H groups in total. The van der Waals surface area contributed by atoms with Crippen molar-refractivity contribution in [1.82, 2.24) is 25.5 Å². The van der Waals surface area contributed by atoms with Crippen LogP contribution in [0.5, 0.6) is 0 Å². The molecule has 1 aromatic carbocycles. The van der Waals surface area contributed by atoms with Crippen molar-refractivity contribution in [2.24, 2.45) is 5.41 Å². The normalized spacial score (nSPS) is 12.6. The number of carboxylic acids is 1. The third-order valence-electron chi connectivity index (χ3n) is 3.53. The fraction of sp³-hybridized carbons (Fsp3) is 0.438. The Balaban J connectivity index is 2.03. The summed E-state index contributed by atoms with van der Waals surface area (Å²) in [5.41, 5.74) is 1.10. The van der Waals surface area contributed by atoms with E-state index in [-0.39, 0.29) is 5.41 Å². The molecule has 1 aromatic heterocycles. The molecule has 0 aliphatic rings. The number of amides is 1. The van der Waals surface area contributed by atoms with Gasteiger partial charge in [-0.15, -0.1) is 5.10 Å². The average Bonchev–Trinajstić information content (AvgIpc) is 3.04. The molecule has 2 rings (SSSR count). The minimum atomic E-state index is -1.03. The summed E-state index contributed by atoms with van der Waals surface area (Å²) in [6.07, 6.45) is 2.53. The van der Waals surface area contributed by atoms with E-state index in [0.29, 0.717) is 24.1 Å². The highest BCUT2D eigenvalue weighted by Gasteiger charge is 2.23. The predicted molar refractivity (Wildman–Crippen MR) is 86.7 cm³/mol. The summed E-state index contributed by atoms with van der Waals surface area (Å²) in [4.78, 5) is 23.6. The van der Waals surface area contributed by atoms with Gasteiger partial charge in [0.25, 0.3) is 5.91 Å². The summed E-state index contributed by atoms with van der Waals surface area (Å²) in [5, 5.41) is 22.7. The van der Waals surface area contributed by atoms with E-state index < -0.39 is 17.9 Å². The van der Waals surface area contributed by atoms with Crippen molar-refractivity contribution in [3.63, 3.8) is 0 Å². The zero-order valence-corrected chi connectivity index (χ0v) is 13.9.